The number of fused-ring (bicyclic) bond motifs is 1. The molecule has 4 rings (SSSR count). The van der Waals surface area contributed by atoms with Gasteiger partial charge in [-0.25, -0.2) is 0 Å². The van der Waals surface area contributed by atoms with Gasteiger partial charge in [0.1, 0.15) is 13.2 Å². The van der Waals surface area contributed by atoms with Gasteiger partial charge >= 0.3 is 0 Å². The van der Waals surface area contributed by atoms with Crippen LogP contribution in [0.3, 0.4) is 0 Å². The predicted octanol–water partition coefficient (Wildman–Crippen LogP) is 3.96. The quantitative estimate of drug-likeness (QED) is 0.864. The fraction of sp³-hybridized carbons (Fsp3) is 0.381. The lowest BCUT2D eigenvalue weighted by atomic mass is 9.96. The van der Waals surface area contributed by atoms with Gasteiger partial charge in [-0.2, -0.15) is 0 Å². The predicted molar refractivity (Wildman–Crippen MR) is 106 cm³/mol. The summed E-state index contributed by atoms with van der Waals surface area (Å²) in [7, 11) is 0. The first kappa shape index (κ1) is 18.1. The van der Waals surface area contributed by atoms with E-state index in [9.17, 15) is 4.79 Å². The van der Waals surface area contributed by atoms with Crippen LogP contribution in [-0.2, 0) is 11.3 Å². The number of nitrogens with one attached hydrogen (secondary N) is 1. The van der Waals surface area contributed by atoms with Gasteiger partial charge in [-0.3, -0.25) is 9.69 Å². The average molecular weight is 387 g/mol. The van der Waals surface area contributed by atoms with Crippen molar-refractivity contribution in [1.29, 1.82) is 0 Å². The number of piperidine rings is 1. The highest BCUT2D eigenvalue weighted by Crippen LogP contribution is 2.33. The van der Waals surface area contributed by atoms with Crippen LogP contribution in [0, 0.1) is 5.92 Å². The van der Waals surface area contributed by atoms with Crippen LogP contribution in [0.1, 0.15) is 18.4 Å². The Labute approximate surface area is 164 Å². The molecule has 6 heteroatoms. The summed E-state index contributed by atoms with van der Waals surface area (Å²) in [6.45, 7) is 3.71. The van der Waals surface area contributed by atoms with Crippen LogP contribution in [-0.4, -0.2) is 37.1 Å². The molecule has 0 bridgehead atoms. The van der Waals surface area contributed by atoms with Gasteiger partial charge in [-0.05, 0) is 49.2 Å². The van der Waals surface area contributed by atoms with Crippen molar-refractivity contribution in [1.82, 2.24) is 4.90 Å². The molecule has 0 saturated carbocycles. The van der Waals surface area contributed by atoms with Crippen molar-refractivity contribution in [3.63, 3.8) is 0 Å². The van der Waals surface area contributed by atoms with Crippen LogP contribution >= 0.6 is 11.6 Å². The fourth-order valence-corrected chi connectivity index (χ4v) is 3.75. The van der Waals surface area contributed by atoms with Gasteiger partial charge in [0.25, 0.3) is 0 Å². The van der Waals surface area contributed by atoms with Gasteiger partial charge in [-0.15, -0.1) is 0 Å². The summed E-state index contributed by atoms with van der Waals surface area (Å²) in [5.74, 6) is 1.46. The van der Waals surface area contributed by atoms with Gasteiger partial charge in [0.2, 0.25) is 5.91 Å². The topological polar surface area (TPSA) is 50.8 Å². The molecule has 0 aromatic heterocycles. The normalized spacial score (nSPS) is 19.5. The molecule has 5 nitrogen and oxygen atoms in total. The molecule has 27 heavy (non-hydrogen) atoms. The van der Waals surface area contributed by atoms with Gasteiger partial charge in [0.05, 0.1) is 5.92 Å². The van der Waals surface area contributed by atoms with Crippen LogP contribution in [0.2, 0.25) is 5.02 Å². The van der Waals surface area contributed by atoms with E-state index in [0.29, 0.717) is 19.0 Å². The number of amides is 1. The Morgan fingerprint density at radius 2 is 1.89 bits per heavy atom. The first-order chi connectivity index (χ1) is 13.2. The molecule has 142 valence electrons. The molecule has 0 spiro atoms. The second-order valence-electron chi connectivity index (χ2n) is 7.05. The molecular formula is C21H23ClN2O3. The zero-order valence-corrected chi connectivity index (χ0v) is 15.9. The zero-order chi connectivity index (χ0) is 18.6. The van der Waals surface area contributed by atoms with E-state index in [4.69, 9.17) is 21.1 Å². The number of carbonyl (C=O) groups excluding carboxylic acids is 1. The molecule has 0 aliphatic carbocycles. The molecule has 2 heterocycles. The number of ether oxygens (including phenoxy) is 2. The molecule has 0 radical (unpaired) electrons. The summed E-state index contributed by atoms with van der Waals surface area (Å²) < 4.78 is 11.1. The maximum absolute atomic E-state index is 12.8. The molecular weight excluding hydrogens is 364 g/mol. The maximum atomic E-state index is 12.8. The lowest BCUT2D eigenvalue weighted by Gasteiger charge is -2.32. The lowest BCUT2D eigenvalue weighted by Crippen LogP contribution is -2.40. The number of nitrogens with zero attached hydrogens (tertiary/aromatic N) is 1. The Kier molecular flexibility index (Phi) is 5.50. The number of anilines is 1. The molecule has 1 unspecified atom stereocenters. The van der Waals surface area contributed by atoms with Gasteiger partial charge in [0.15, 0.2) is 11.5 Å². The second-order valence-corrected chi connectivity index (χ2v) is 7.48. The number of likely N-dealkylation sites (tertiary alicyclic amines) is 1. The van der Waals surface area contributed by atoms with Crippen molar-refractivity contribution in [2.75, 3.05) is 31.6 Å². The third kappa shape index (κ3) is 4.54. The molecule has 1 fully saturated rings. The minimum Gasteiger partial charge on any atom is -0.486 e. The Hall–Kier alpha value is -2.24. The van der Waals surface area contributed by atoms with Crippen molar-refractivity contribution in [3.8, 4) is 11.5 Å². The first-order valence-corrected chi connectivity index (χ1v) is 9.72. The smallest absolute Gasteiger partial charge is 0.228 e. The van der Waals surface area contributed by atoms with E-state index in [1.807, 2.05) is 42.5 Å². The number of benzene rings is 2. The van der Waals surface area contributed by atoms with E-state index in [0.717, 1.165) is 48.9 Å². The van der Waals surface area contributed by atoms with Crippen LogP contribution in [0.15, 0.2) is 42.5 Å². The van der Waals surface area contributed by atoms with E-state index in [1.165, 1.54) is 5.56 Å². The molecule has 2 aromatic carbocycles. The minimum atomic E-state index is -0.0146. The third-order valence-electron chi connectivity index (χ3n) is 5.01. The second kappa shape index (κ2) is 8.19. The number of carbonyl (C=O) groups is 1. The van der Waals surface area contributed by atoms with E-state index in [1.54, 1.807) is 0 Å². The number of hydrogen-bond donors (Lipinski definition) is 1. The van der Waals surface area contributed by atoms with Gasteiger partial charge in [-0.1, -0.05) is 23.7 Å². The highest BCUT2D eigenvalue weighted by atomic mass is 35.5. The zero-order valence-electron chi connectivity index (χ0n) is 15.1. The van der Waals surface area contributed by atoms with E-state index >= 15 is 0 Å². The Morgan fingerprint density at radius 1 is 1.11 bits per heavy atom. The molecule has 2 aliphatic rings. The van der Waals surface area contributed by atoms with Crippen molar-refractivity contribution < 1.29 is 14.3 Å². The number of hydrogen-bond acceptors (Lipinski definition) is 4. The fourth-order valence-electron chi connectivity index (χ4n) is 3.63. The van der Waals surface area contributed by atoms with E-state index in [2.05, 4.69) is 10.2 Å². The van der Waals surface area contributed by atoms with Crippen LogP contribution in [0.5, 0.6) is 11.5 Å². The highest BCUT2D eigenvalue weighted by Gasteiger charge is 2.26. The summed E-state index contributed by atoms with van der Waals surface area (Å²) in [6, 6.07) is 13.4. The van der Waals surface area contributed by atoms with Crippen molar-refractivity contribution in [3.05, 3.63) is 53.1 Å². The number of rotatable bonds is 4. The maximum Gasteiger partial charge on any atom is 0.228 e. The standard InChI is InChI=1S/C21H23ClN2O3/c22-17-5-3-15(4-6-17)13-24-9-1-2-16(14-24)21(25)23-18-7-8-19-20(12-18)27-11-10-26-19/h3-8,12,16H,1-2,9-11,13-14H2,(H,23,25). The van der Waals surface area contributed by atoms with Crippen LogP contribution in [0.4, 0.5) is 5.69 Å². The Bertz CT molecular complexity index is 810. The SMILES string of the molecule is O=C(Nc1ccc2c(c1)OCCO2)C1CCCN(Cc2ccc(Cl)cc2)C1. The summed E-state index contributed by atoms with van der Waals surface area (Å²) in [4.78, 5) is 15.1. The minimum absolute atomic E-state index is 0.0146. The van der Waals surface area contributed by atoms with Crippen LogP contribution in [0.25, 0.3) is 0 Å². The highest BCUT2D eigenvalue weighted by molar-refractivity contribution is 6.30. The summed E-state index contributed by atoms with van der Waals surface area (Å²) >= 11 is 5.96. The summed E-state index contributed by atoms with van der Waals surface area (Å²) in [6.07, 6.45) is 1.93. The Balaban J connectivity index is 1.36. The van der Waals surface area contributed by atoms with Crippen molar-refractivity contribution in [2.45, 2.75) is 19.4 Å². The third-order valence-corrected chi connectivity index (χ3v) is 5.26. The average Bonchev–Trinajstić information content (AvgIpc) is 2.70. The Morgan fingerprint density at radius 3 is 2.70 bits per heavy atom. The van der Waals surface area contributed by atoms with Crippen molar-refractivity contribution >= 4 is 23.2 Å². The van der Waals surface area contributed by atoms with E-state index < -0.39 is 0 Å². The first-order valence-electron chi connectivity index (χ1n) is 9.35. The summed E-state index contributed by atoms with van der Waals surface area (Å²) in [5, 5.41) is 3.78. The van der Waals surface area contributed by atoms with Gasteiger partial charge < -0.3 is 14.8 Å². The molecule has 1 amide bonds. The molecule has 1 saturated heterocycles. The lowest BCUT2D eigenvalue weighted by molar-refractivity contribution is -0.121. The number of halogens is 1. The molecule has 2 aliphatic heterocycles. The van der Waals surface area contributed by atoms with Crippen molar-refractivity contribution in [2.24, 2.45) is 5.92 Å². The van der Waals surface area contributed by atoms with Gasteiger partial charge in [0, 0.05) is 29.9 Å². The summed E-state index contributed by atoms with van der Waals surface area (Å²) in [5.41, 5.74) is 1.96. The van der Waals surface area contributed by atoms with E-state index in [-0.39, 0.29) is 11.8 Å². The molecule has 1 atom stereocenters. The largest absolute Gasteiger partial charge is 0.486 e. The monoisotopic (exact) mass is 386 g/mol. The molecule has 1 N–H and O–H groups in total. The van der Waals surface area contributed by atoms with Crippen LogP contribution < -0.4 is 14.8 Å². The molecule has 2 aromatic rings.